The largest absolute Gasteiger partial charge is 0.493 e. The molecule has 3 rings (SSSR count). The average molecular weight is 604 g/mol. The number of hydrogen-bond acceptors (Lipinski definition) is 9. The highest BCUT2D eigenvalue weighted by molar-refractivity contribution is 8.93. The normalized spacial score (nSPS) is 12.5. The molecule has 2 aromatic carbocycles. The molecule has 10 nitrogen and oxygen atoms in total. The molecule has 2 aromatic rings. The summed E-state index contributed by atoms with van der Waals surface area (Å²) in [6.07, 6.45) is 0.911. The number of carbonyl (C=O) groups is 1. The van der Waals surface area contributed by atoms with Crippen molar-refractivity contribution in [2.45, 2.75) is 20.4 Å². The smallest absolute Gasteiger partial charge is 0.306 e. The lowest BCUT2D eigenvalue weighted by atomic mass is 10.1. The molecule has 0 aromatic heterocycles. The van der Waals surface area contributed by atoms with Gasteiger partial charge in [0.1, 0.15) is 5.84 Å². The molecule has 0 radical (unpaired) electrons. The van der Waals surface area contributed by atoms with Gasteiger partial charge in [-0.1, -0.05) is 0 Å². The van der Waals surface area contributed by atoms with E-state index in [0.29, 0.717) is 17.9 Å². The van der Waals surface area contributed by atoms with Crippen molar-refractivity contribution in [2.24, 2.45) is 0 Å². The van der Waals surface area contributed by atoms with Crippen molar-refractivity contribution in [2.75, 3.05) is 52.1 Å². The van der Waals surface area contributed by atoms with Gasteiger partial charge in [-0.2, -0.15) is 8.42 Å². The van der Waals surface area contributed by atoms with E-state index < -0.39 is 15.9 Å². The summed E-state index contributed by atoms with van der Waals surface area (Å²) in [7, 11) is 0.807. The lowest BCUT2D eigenvalue weighted by Crippen LogP contribution is -2.30. The average Bonchev–Trinajstić information content (AvgIpc) is 3.10. The minimum atomic E-state index is -3.86. The van der Waals surface area contributed by atoms with Gasteiger partial charge in [0, 0.05) is 26.2 Å². The monoisotopic (exact) mass is 603 g/mol. The molecule has 0 aliphatic carbocycles. The van der Waals surface area contributed by atoms with E-state index in [2.05, 4.69) is 0 Å². The molecule has 1 aliphatic heterocycles. The fraction of sp³-hybridized carbons (Fsp3) is 0.417. The quantitative estimate of drug-likeness (QED) is 0.303. The van der Waals surface area contributed by atoms with Gasteiger partial charge in [-0.25, -0.2) is 4.39 Å². The number of nitrogens with one attached hydrogen (secondary N) is 1. The van der Waals surface area contributed by atoms with E-state index in [0.717, 1.165) is 6.26 Å². The Morgan fingerprint density at radius 2 is 1.76 bits per heavy atom. The van der Waals surface area contributed by atoms with Crippen molar-refractivity contribution in [3.8, 4) is 23.0 Å². The van der Waals surface area contributed by atoms with Crippen LogP contribution in [0.5, 0.6) is 23.0 Å². The third kappa shape index (κ3) is 6.45. The lowest BCUT2D eigenvalue weighted by Gasteiger charge is -2.21. The number of ether oxygens (including phenoxy) is 3. The summed E-state index contributed by atoms with van der Waals surface area (Å²) in [4.78, 5) is 16.3. The van der Waals surface area contributed by atoms with Gasteiger partial charge in [0.2, 0.25) is 5.75 Å². The van der Waals surface area contributed by atoms with Crippen molar-refractivity contribution in [3.63, 3.8) is 0 Å². The highest BCUT2D eigenvalue weighted by Gasteiger charge is 2.33. The zero-order valence-electron chi connectivity index (χ0n) is 21.5. The van der Waals surface area contributed by atoms with Crippen LogP contribution in [0.25, 0.3) is 0 Å². The number of methoxy groups -OCH3 is 1. The highest BCUT2D eigenvalue weighted by atomic mass is 79.9. The molecule has 1 N–H and O–H groups in total. The molecule has 1 heterocycles. The first-order chi connectivity index (χ1) is 16.9. The SMILES string of the molecule is Br.CCOc1cc2c(c(F)c1OCC)C(=N)N(CC(=O)c1cc(OC)c(OS(C)(=O)=O)c(N(C)C)c1)C2. The molecule has 0 spiro atoms. The summed E-state index contributed by atoms with van der Waals surface area (Å²) in [5, 5.41) is 8.52. The molecule has 0 saturated heterocycles. The Labute approximate surface area is 226 Å². The van der Waals surface area contributed by atoms with E-state index in [-0.39, 0.29) is 82.4 Å². The number of ketones is 1. The van der Waals surface area contributed by atoms with Crippen LogP contribution in [0.15, 0.2) is 18.2 Å². The van der Waals surface area contributed by atoms with E-state index in [4.69, 9.17) is 23.8 Å². The third-order valence-electron chi connectivity index (χ3n) is 5.40. The van der Waals surface area contributed by atoms with Gasteiger partial charge in [-0.15, -0.1) is 17.0 Å². The maximum Gasteiger partial charge on any atom is 0.306 e. The number of rotatable bonds is 11. The fourth-order valence-corrected chi connectivity index (χ4v) is 4.36. The zero-order chi connectivity index (χ0) is 26.8. The van der Waals surface area contributed by atoms with Gasteiger partial charge in [0.05, 0.1) is 44.4 Å². The third-order valence-corrected chi connectivity index (χ3v) is 5.87. The van der Waals surface area contributed by atoms with Crippen molar-refractivity contribution in [1.82, 2.24) is 4.90 Å². The van der Waals surface area contributed by atoms with Crippen LogP contribution in [0.1, 0.15) is 35.3 Å². The Morgan fingerprint density at radius 1 is 1.11 bits per heavy atom. The maximum atomic E-state index is 15.3. The number of anilines is 1. The zero-order valence-corrected chi connectivity index (χ0v) is 24.0. The van der Waals surface area contributed by atoms with Crippen molar-refractivity contribution in [1.29, 1.82) is 5.41 Å². The van der Waals surface area contributed by atoms with E-state index in [1.165, 1.54) is 24.1 Å². The maximum absolute atomic E-state index is 15.3. The van der Waals surface area contributed by atoms with Crippen LogP contribution in [-0.4, -0.2) is 72.2 Å². The summed E-state index contributed by atoms with van der Waals surface area (Å²) in [6.45, 7) is 3.95. The number of benzene rings is 2. The number of Topliss-reactive ketones (excluding diaryl/α,β-unsaturated/α-hetero) is 1. The Bertz CT molecular complexity index is 1300. The molecular formula is C24H31BrFN3O7S. The molecule has 0 fully saturated rings. The molecule has 204 valence electrons. The lowest BCUT2D eigenvalue weighted by molar-refractivity contribution is 0.0962. The molecule has 0 unspecified atom stereocenters. The van der Waals surface area contributed by atoms with Crippen LogP contribution < -0.4 is 23.3 Å². The molecule has 0 atom stereocenters. The summed E-state index contributed by atoms with van der Waals surface area (Å²) in [6, 6.07) is 4.50. The number of fused-ring (bicyclic) bond motifs is 1. The minimum Gasteiger partial charge on any atom is -0.493 e. The second-order valence-corrected chi connectivity index (χ2v) is 9.83. The first kappa shape index (κ1) is 30.2. The van der Waals surface area contributed by atoms with Crippen LogP contribution in [0.4, 0.5) is 10.1 Å². The molecule has 13 heteroatoms. The van der Waals surface area contributed by atoms with E-state index in [1.807, 2.05) is 0 Å². The van der Waals surface area contributed by atoms with Crippen LogP contribution >= 0.6 is 17.0 Å². The van der Waals surface area contributed by atoms with Crippen molar-refractivity contribution in [3.05, 3.63) is 40.7 Å². The predicted octanol–water partition coefficient (Wildman–Crippen LogP) is 3.64. The number of amidine groups is 1. The summed E-state index contributed by atoms with van der Waals surface area (Å²) >= 11 is 0. The molecule has 37 heavy (non-hydrogen) atoms. The Hall–Kier alpha value is -3.06. The van der Waals surface area contributed by atoms with Crippen molar-refractivity contribution < 1.29 is 36.0 Å². The van der Waals surface area contributed by atoms with Gasteiger partial charge in [0.15, 0.2) is 28.8 Å². The predicted molar refractivity (Wildman–Crippen MR) is 143 cm³/mol. The second kappa shape index (κ2) is 12.0. The Kier molecular flexibility index (Phi) is 9.78. The molecule has 0 bridgehead atoms. The number of halogens is 2. The Balaban J connectivity index is 0.00000481. The fourth-order valence-electron chi connectivity index (χ4n) is 3.89. The number of hydrogen-bond donors (Lipinski definition) is 1. The Morgan fingerprint density at radius 3 is 2.30 bits per heavy atom. The highest BCUT2D eigenvalue weighted by Crippen LogP contribution is 2.41. The van der Waals surface area contributed by atoms with Crippen molar-refractivity contribution >= 4 is 44.4 Å². The van der Waals surface area contributed by atoms with Gasteiger partial charge in [0.25, 0.3) is 0 Å². The summed E-state index contributed by atoms with van der Waals surface area (Å²) < 4.78 is 60.2. The topological polar surface area (TPSA) is 118 Å². The van der Waals surface area contributed by atoms with E-state index in [9.17, 15) is 13.2 Å². The second-order valence-electron chi connectivity index (χ2n) is 8.25. The standard InChI is InChI=1S/C24H30FN3O7S.BrH/c1-7-33-19-11-15-12-28(24(26)20(15)21(25)23(19)34-8-2)13-17(29)14-9-16(27(3)4)22(18(10-14)32-5)35-36(6,30)31;/h9-11,26H,7-8,12-13H2,1-6H3;1H. The van der Waals surface area contributed by atoms with E-state index >= 15 is 4.39 Å². The van der Waals surface area contributed by atoms with Gasteiger partial charge < -0.3 is 28.2 Å². The first-order valence-electron chi connectivity index (χ1n) is 11.2. The summed E-state index contributed by atoms with van der Waals surface area (Å²) in [5.41, 5.74) is 1.11. The van der Waals surface area contributed by atoms with Gasteiger partial charge in [-0.05, 0) is 37.6 Å². The van der Waals surface area contributed by atoms with Crippen LogP contribution in [0.3, 0.4) is 0 Å². The summed E-state index contributed by atoms with van der Waals surface area (Å²) in [5.74, 6) is -1.01. The number of nitrogens with zero attached hydrogens (tertiary/aromatic N) is 2. The molecular weight excluding hydrogens is 573 g/mol. The molecule has 0 saturated carbocycles. The van der Waals surface area contributed by atoms with Crippen LogP contribution in [-0.2, 0) is 16.7 Å². The molecule has 1 aliphatic rings. The van der Waals surface area contributed by atoms with Crippen LogP contribution in [0.2, 0.25) is 0 Å². The van der Waals surface area contributed by atoms with Gasteiger partial charge >= 0.3 is 10.1 Å². The number of carbonyl (C=O) groups excluding carboxylic acids is 1. The van der Waals surface area contributed by atoms with E-state index in [1.54, 1.807) is 38.9 Å². The first-order valence-corrected chi connectivity index (χ1v) is 13.0. The van der Waals surface area contributed by atoms with Crippen LogP contribution in [0, 0.1) is 11.2 Å². The van der Waals surface area contributed by atoms with Gasteiger partial charge in [-0.3, -0.25) is 10.2 Å². The minimum absolute atomic E-state index is 0. The molecule has 0 amide bonds.